The first kappa shape index (κ1) is 14.2. The Morgan fingerprint density at radius 2 is 1.48 bits per heavy atom. The fourth-order valence-corrected chi connectivity index (χ4v) is 3.54. The van der Waals surface area contributed by atoms with Gasteiger partial charge in [0.2, 0.25) is 0 Å². The van der Waals surface area contributed by atoms with Crippen molar-refractivity contribution < 1.29 is 0 Å². The molecule has 2 heterocycles. The topological polar surface area (TPSA) is 29.0 Å². The Balaban J connectivity index is 1.75. The Labute approximate surface area is 146 Å². The monoisotopic (exact) mass is 323 g/mol. The van der Waals surface area contributed by atoms with Crippen LogP contribution in [0.1, 0.15) is 5.56 Å². The zero-order valence-corrected chi connectivity index (χ0v) is 13.8. The largest absolute Gasteiger partial charge is 0.325 e. The van der Waals surface area contributed by atoms with E-state index in [0.717, 1.165) is 41.1 Å². The molecule has 0 aliphatic carbocycles. The van der Waals surface area contributed by atoms with Crippen molar-refractivity contribution in [3.8, 4) is 11.4 Å². The van der Waals surface area contributed by atoms with Gasteiger partial charge in [-0.25, -0.2) is 9.97 Å². The summed E-state index contributed by atoms with van der Waals surface area (Å²) in [6, 6.07) is 27.0. The second-order valence-corrected chi connectivity index (χ2v) is 6.28. The minimum Gasteiger partial charge on any atom is -0.325 e. The van der Waals surface area contributed by atoms with Gasteiger partial charge in [0.05, 0.1) is 5.52 Å². The van der Waals surface area contributed by atoms with E-state index in [1.807, 2.05) is 24.3 Å². The van der Waals surface area contributed by atoms with Gasteiger partial charge in [0.25, 0.3) is 0 Å². The summed E-state index contributed by atoms with van der Waals surface area (Å²) in [7, 11) is 0. The number of rotatable bonds is 2. The number of hydrogen-bond donors (Lipinski definition) is 0. The summed E-state index contributed by atoms with van der Waals surface area (Å²) < 4.78 is 0. The number of para-hydroxylation sites is 2. The lowest BCUT2D eigenvalue weighted by Gasteiger charge is -2.21. The lowest BCUT2D eigenvalue weighted by molar-refractivity contribution is 0.976. The fraction of sp³-hybridized carbons (Fsp3) is 0.0909. The van der Waals surface area contributed by atoms with Crippen LogP contribution in [-0.2, 0) is 6.42 Å². The van der Waals surface area contributed by atoms with Crippen molar-refractivity contribution in [2.24, 2.45) is 0 Å². The third-order valence-electron chi connectivity index (χ3n) is 4.76. The van der Waals surface area contributed by atoms with Gasteiger partial charge in [-0.1, -0.05) is 60.7 Å². The van der Waals surface area contributed by atoms with E-state index in [1.165, 1.54) is 11.3 Å². The van der Waals surface area contributed by atoms with Gasteiger partial charge in [-0.3, -0.25) is 0 Å². The van der Waals surface area contributed by atoms with Gasteiger partial charge in [0, 0.05) is 23.2 Å². The zero-order valence-electron chi connectivity index (χ0n) is 13.8. The lowest BCUT2D eigenvalue weighted by atomic mass is 10.1. The second kappa shape index (κ2) is 5.71. The normalized spacial score (nSPS) is 13.2. The predicted octanol–water partition coefficient (Wildman–Crippen LogP) is 4.99. The summed E-state index contributed by atoms with van der Waals surface area (Å²) in [4.78, 5) is 12.1. The van der Waals surface area contributed by atoms with Crippen LogP contribution in [0.2, 0.25) is 0 Å². The van der Waals surface area contributed by atoms with Crippen LogP contribution in [-0.4, -0.2) is 16.5 Å². The van der Waals surface area contributed by atoms with Crippen LogP contribution in [0, 0.1) is 0 Å². The molecule has 0 atom stereocenters. The Kier molecular flexibility index (Phi) is 3.23. The number of fused-ring (bicyclic) bond motifs is 2. The van der Waals surface area contributed by atoms with Gasteiger partial charge >= 0.3 is 0 Å². The van der Waals surface area contributed by atoms with Gasteiger partial charge < -0.3 is 4.90 Å². The van der Waals surface area contributed by atoms with Crippen LogP contribution in [0.15, 0.2) is 78.9 Å². The van der Waals surface area contributed by atoms with Gasteiger partial charge in [0.15, 0.2) is 5.82 Å². The van der Waals surface area contributed by atoms with E-state index in [-0.39, 0.29) is 0 Å². The Morgan fingerprint density at radius 1 is 0.720 bits per heavy atom. The third-order valence-corrected chi connectivity index (χ3v) is 4.76. The molecule has 0 saturated carbocycles. The van der Waals surface area contributed by atoms with Crippen molar-refractivity contribution in [1.29, 1.82) is 0 Å². The van der Waals surface area contributed by atoms with E-state index >= 15 is 0 Å². The molecule has 0 fully saturated rings. The summed E-state index contributed by atoms with van der Waals surface area (Å²) in [5, 5.41) is 1.10. The van der Waals surface area contributed by atoms with Crippen LogP contribution < -0.4 is 4.90 Å². The predicted molar refractivity (Wildman–Crippen MR) is 102 cm³/mol. The van der Waals surface area contributed by atoms with Crippen LogP contribution in [0.5, 0.6) is 0 Å². The molecule has 1 aromatic heterocycles. The molecule has 0 radical (unpaired) electrons. The summed E-state index contributed by atoms with van der Waals surface area (Å²) >= 11 is 0. The molecule has 0 saturated heterocycles. The maximum Gasteiger partial charge on any atom is 0.162 e. The minimum absolute atomic E-state index is 0.777. The molecule has 0 N–H and O–H groups in total. The van der Waals surface area contributed by atoms with Gasteiger partial charge in [-0.05, 0) is 30.2 Å². The van der Waals surface area contributed by atoms with Crippen molar-refractivity contribution in [2.75, 3.05) is 11.4 Å². The van der Waals surface area contributed by atoms with Crippen molar-refractivity contribution >= 4 is 22.4 Å². The van der Waals surface area contributed by atoms with E-state index in [2.05, 4.69) is 59.5 Å². The highest BCUT2D eigenvalue weighted by Crippen LogP contribution is 2.37. The molecule has 4 aromatic rings. The maximum atomic E-state index is 4.97. The molecule has 0 spiro atoms. The van der Waals surface area contributed by atoms with Gasteiger partial charge in [0.1, 0.15) is 5.82 Å². The van der Waals surface area contributed by atoms with E-state index < -0.39 is 0 Å². The minimum atomic E-state index is 0.777. The number of nitrogens with zero attached hydrogens (tertiary/aromatic N) is 3. The van der Waals surface area contributed by atoms with E-state index in [1.54, 1.807) is 0 Å². The van der Waals surface area contributed by atoms with Crippen molar-refractivity contribution in [1.82, 2.24) is 9.97 Å². The number of aromatic nitrogens is 2. The van der Waals surface area contributed by atoms with Crippen LogP contribution in [0.4, 0.5) is 11.5 Å². The number of benzene rings is 3. The quantitative estimate of drug-likeness (QED) is 0.520. The highest BCUT2D eigenvalue weighted by Gasteiger charge is 2.23. The first-order valence-corrected chi connectivity index (χ1v) is 8.58. The van der Waals surface area contributed by atoms with E-state index in [9.17, 15) is 0 Å². The third kappa shape index (κ3) is 2.36. The molecular formula is C22H17N3. The Bertz CT molecular complexity index is 1060. The van der Waals surface area contributed by atoms with Crippen LogP contribution >= 0.6 is 0 Å². The molecule has 0 unspecified atom stereocenters. The molecule has 120 valence electrons. The van der Waals surface area contributed by atoms with E-state index in [4.69, 9.17) is 9.97 Å². The van der Waals surface area contributed by atoms with Crippen LogP contribution in [0.25, 0.3) is 22.3 Å². The standard InChI is InChI=1S/C22H17N3/c1-2-9-17(10-3-1)21-23-19-12-6-5-11-18(19)22(24-21)25-15-14-16-8-4-7-13-20(16)25/h1-13H,14-15H2. The molecule has 3 aromatic carbocycles. The summed E-state index contributed by atoms with van der Waals surface area (Å²) in [6.45, 7) is 0.953. The highest BCUT2D eigenvalue weighted by molar-refractivity contribution is 5.93. The summed E-state index contributed by atoms with van der Waals surface area (Å²) in [5.41, 5.74) is 4.66. The molecule has 5 rings (SSSR count). The van der Waals surface area contributed by atoms with Gasteiger partial charge in [-0.15, -0.1) is 0 Å². The van der Waals surface area contributed by atoms with Gasteiger partial charge in [-0.2, -0.15) is 0 Å². The smallest absolute Gasteiger partial charge is 0.162 e. The fourth-order valence-electron chi connectivity index (χ4n) is 3.54. The zero-order chi connectivity index (χ0) is 16.6. The maximum absolute atomic E-state index is 4.97. The molecule has 0 amide bonds. The molecule has 3 nitrogen and oxygen atoms in total. The van der Waals surface area contributed by atoms with E-state index in [0.29, 0.717) is 0 Å². The Hall–Kier alpha value is -3.20. The average molecular weight is 323 g/mol. The highest BCUT2D eigenvalue weighted by atomic mass is 15.2. The molecular weight excluding hydrogens is 306 g/mol. The average Bonchev–Trinajstić information content (AvgIpc) is 3.12. The Morgan fingerprint density at radius 3 is 2.40 bits per heavy atom. The van der Waals surface area contributed by atoms with Crippen LogP contribution in [0.3, 0.4) is 0 Å². The summed E-state index contributed by atoms with van der Waals surface area (Å²) in [6.07, 6.45) is 1.05. The van der Waals surface area contributed by atoms with Crippen molar-refractivity contribution in [3.63, 3.8) is 0 Å². The van der Waals surface area contributed by atoms with Crippen molar-refractivity contribution in [3.05, 3.63) is 84.4 Å². The molecule has 1 aliphatic heterocycles. The summed E-state index contributed by atoms with van der Waals surface area (Å²) in [5.74, 6) is 1.77. The van der Waals surface area contributed by atoms with Crippen molar-refractivity contribution in [2.45, 2.75) is 6.42 Å². The lowest BCUT2D eigenvalue weighted by Crippen LogP contribution is -2.16. The first-order chi connectivity index (χ1) is 12.4. The molecule has 3 heteroatoms. The molecule has 0 bridgehead atoms. The SMILES string of the molecule is c1ccc(-c2nc(N3CCc4ccccc43)c3ccccc3n2)cc1. The number of anilines is 2. The first-order valence-electron chi connectivity index (χ1n) is 8.58. The molecule has 1 aliphatic rings. The molecule has 25 heavy (non-hydrogen) atoms. The number of hydrogen-bond acceptors (Lipinski definition) is 3. The second-order valence-electron chi connectivity index (χ2n) is 6.28.